The number of H-pyrrole nitrogens is 1. The summed E-state index contributed by atoms with van der Waals surface area (Å²) in [6.07, 6.45) is 0. The Bertz CT molecular complexity index is 1200. The van der Waals surface area contributed by atoms with E-state index in [-0.39, 0.29) is 11.3 Å². The lowest BCUT2D eigenvalue weighted by Crippen LogP contribution is -2.31. The molecule has 0 spiro atoms. The lowest BCUT2D eigenvalue weighted by atomic mass is 9.73. The number of aromatic carboxylic acids is 1. The average molecular weight is 396 g/mol. The van der Waals surface area contributed by atoms with Crippen LogP contribution in [0.25, 0.3) is 22.3 Å². The number of pyridine rings is 1. The van der Waals surface area contributed by atoms with Crippen LogP contribution in [0.4, 0.5) is 0 Å². The van der Waals surface area contributed by atoms with Gasteiger partial charge in [-0.2, -0.15) is 0 Å². The Balaban J connectivity index is 2.10. The van der Waals surface area contributed by atoms with Gasteiger partial charge in [0.1, 0.15) is 11.5 Å². The van der Waals surface area contributed by atoms with Crippen molar-refractivity contribution < 1.29 is 19.7 Å². The molecule has 0 aliphatic carbocycles. The quantitative estimate of drug-likeness (QED) is 0.622. The zero-order valence-corrected chi connectivity index (χ0v) is 16.9. The fraction of sp³-hybridized carbons (Fsp3) is 0.364. The van der Waals surface area contributed by atoms with Gasteiger partial charge in [-0.15, -0.1) is 0 Å². The Kier molecular flexibility index (Phi) is 4.22. The molecule has 4 rings (SSSR count). The van der Waals surface area contributed by atoms with Gasteiger partial charge in [0.25, 0.3) is 5.56 Å². The molecule has 1 atom stereocenters. The number of carbonyl (C=O) groups is 1. The lowest BCUT2D eigenvalue weighted by molar-refractivity contribution is 0.0691. The summed E-state index contributed by atoms with van der Waals surface area (Å²) in [6, 6.07) is 7.74. The van der Waals surface area contributed by atoms with Crippen LogP contribution in [0.2, 0.25) is 0 Å². The Hall–Kier alpha value is -3.22. The van der Waals surface area contributed by atoms with E-state index in [0.717, 1.165) is 22.3 Å². The zero-order chi connectivity index (χ0) is 21.1. The molecule has 1 aromatic carbocycles. The summed E-state index contributed by atoms with van der Waals surface area (Å²) in [5, 5.41) is 21.2. The highest BCUT2D eigenvalue weighted by molar-refractivity contribution is 5.95. The molecule has 0 bridgehead atoms. The summed E-state index contributed by atoms with van der Waals surface area (Å²) in [4.78, 5) is 26.8. The number of aromatic amines is 1. The van der Waals surface area contributed by atoms with Crippen LogP contribution in [0, 0.1) is 5.41 Å². The first-order valence-corrected chi connectivity index (χ1v) is 9.63. The molecule has 0 unspecified atom stereocenters. The van der Waals surface area contributed by atoms with Crippen molar-refractivity contribution in [3.05, 3.63) is 45.7 Å². The van der Waals surface area contributed by atoms with Gasteiger partial charge in [-0.25, -0.2) is 4.79 Å². The number of carboxylic acids is 1. The summed E-state index contributed by atoms with van der Waals surface area (Å²) in [5.41, 5.74) is 0.916. The van der Waals surface area contributed by atoms with E-state index in [2.05, 4.69) is 9.55 Å². The van der Waals surface area contributed by atoms with E-state index in [1.165, 1.54) is 0 Å². The van der Waals surface area contributed by atoms with Crippen LogP contribution in [0.15, 0.2) is 29.1 Å². The van der Waals surface area contributed by atoms with Gasteiger partial charge in [-0.1, -0.05) is 26.8 Å². The van der Waals surface area contributed by atoms with Crippen LogP contribution in [-0.2, 0) is 6.54 Å². The second-order valence-electron chi connectivity index (χ2n) is 8.45. The number of benzene rings is 1. The predicted molar refractivity (Wildman–Crippen MR) is 110 cm³/mol. The second-order valence-corrected chi connectivity index (χ2v) is 8.45. The number of aromatic hydroxyl groups is 1. The molecule has 29 heavy (non-hydrogen) atoms. The molecule has 3 heterocycles. The van der Waals surface area contributed by atoms with Crippen molar-refractivity contribution in [1.29, 1.82) is 0 Å². The summed E-state index contributed by atoms with van der Waals surface area (Å²) in [7, 11) is 0. The standard InChI is InChI=1S/C22H24N2O5/c1-5-29-15-8-6-7-13-11(15)9-14-18-16(12(10-24(13)14)22(2,3)4)19(25)17(21(27)28)20(26)23-18/h6-9,12H,5,10H2,1-4H3,(H,27,28)(H2,23,25,26)/t12-/m1/s1. The predicted octanol–water partition coefficient (Wildman–Crippen LogP) is 3.94. The van der Waals surface area contributed by atoms with E-state index >= 15 is 0 Å². The molecule has 0 saturated carbocycles. The number of carboxylic acid groups (broad SMARTS) is 1. The first-order chi connectivity index (χ1) is 13.6. The molecule has 3 N–H and O–H groups in total. The topological polar surface area (TPSA) is 105 Å². The average Bonchev–Trinajstić information content (AvgIpc) is 3.00. The number of nitrogens with zero attached hydrogens (tertiary/aromatic N) is 1. The minimum Gasteiger partial charge on any atom is -0.506 e. The monoisotopic (exact) mass is 396 g/mol. The summed E-state index contributed by atoms with van der Waals surface area (Å²) in [6.45, 7) is 9.10. The molecule has 0 fully saturated rings. The highest BCUT2D eigenvalue weighted by Crippen LogP contribution is 2.50. The van der Waals surface area contributed by atoms with Gasteiger partial charge in [0.05, 0.1) is 23.5 Å². The molecule has 0 saturated heterocycles. The maximum absolute atomic E-state index is 12.5. The highest BCUT2D eigenvalue weighted by atomic mass is 16.5. The Morgan fingerprint density at radius 1 is 1.34 bits per heavy atom. The molecule has 1 aliphatic rings. The van der Waals surface area contributed by atoms with Gasteiger partial charge >= 0.3 is 5.97 Å². The largest absolute Gasteiger partial charge is 0.506 e. The van der Waals surface area contributed by atoms with Crippen LogP contribution in [0.5, 0.6) is 11.5 Å². The number of hydrogen-bond acceptors (Lipinski definition) is 4. The zero-order valence-electron chi connectivity index (χ0n) is 16.9. The van der Waals surface area contributed by atoms with Crippen molar-refractivity contribution in [1.82, 2.24) is 9.55 Å². The summed E-state index contributed by atoms with van der Waals surface area (Å²) in [5.74, 6) is -1.34. The SMILES string of the molecule is CCOc1cccc2c1cc1n2C[C@@H](C(C)(C)C)c2c-1[nH]c(=O)c(C(=O)O)c2O. The minimum atomic E-state index is -1.44. The molecule has 0 amide bonds. The first-order valence-electron chi connectivity index (χ1n) is 9.63. The normalized spacial score (nSPS) is 15.8. The first kappa shape index (κ1) is 19.1. The highest BCUT2D eigenvalue weighted by Gasteiger charge is 2.39. The van der Waals surface area contributed by atoms with Crippen molar-refractivity contribution >= 4 is 16.9 Å². The van der Waals surface area contributed by atoms with Crippen LogP contribution in [0.3, 0.4) is 0 Å². The van der Waals surface area contributed by atoms with Crippen LogP contribution < -0.4 is 10.3 Å². The maximum Gasteiger partial charge on any atom is 0.345 e. The van der Waals surface area contributed by atoms with Crippen LogP contribution in [-0.4, -0.2) is 32.3 Å². The Morgan fingerprint density at radius 2 is 2.07 bits per heavy atom. The van der Waals surface area contributed by atoms with E-state index in [0.29, 0.717) is 24.4 Å². The second kappa shape index (κ2) is 6.40. The Labute approximate surface area is 167 Å². The number of rotatable bonds is 3. The van der Waals surface area contributed by atoms with E-state index in [1.807, 2.05) is 52.0 Å². The third-order valence-electron chi connectivity index (χ3n) is 5.66. The van der Waals surface area contributed by atoms with E-state index in [1.54, 1.807) is 0 Å². The number of aromatic nitrogens is 2. The van der Waals surface area contributed by atoms with Crippen LogP contribution in [0.1, 0.15) is 49.5 Å². The lowest BCUT2D eigenvalue weighted by Gasteiger charge is -2.37. The Morgan fingerprint density at radius 3 is 2.69 bits per heavy atom. The third-order valence-corrected chi connectivity index (χ3v) is 5.66. The van der Waals surface area contributed by atoms with Gasteiger partial charge in [-0.05, 0) is 30.5 Å². The van der Waals surface area contributed by atoms with Gasteiger partial charge in [0.2, 0.25) is 0 Å². The molecule has 7 nitrogen and oxygen atoms in total. The molecule has 7 heteroatoms. The van der Waals surface area contributed by atoms with Crippen molar-refractivity contribution in [2.75, 3.05) is 6.61 Å². The summed E-state index contributed by atoms with van der Waals surface area (Å²) < 4.78 is 7.87. The third kappa shape index (κ3) is 2.80. The van der Waals surface area contributed by atoms with Gasteiger partial charge < -0.3 is 24.5 Å². The van der Waals surface area contributed by atoms with Crippen molar-refractivity contribution in [3.8, 4) is 22.9 Å². The fourth-order valence-corrected chi connectivity index (χ4v) is 4.27. The number of nitrogens with one attached hydrogen (secondary N) is 1. The van der Waals surface area contributed by atoms with Gasteiger partial charge in [0, 0.05) is 23.4 Å². The smallest absolute Gasteiger partial charge is 0.345 e. The maximum atomic E-state index is 12.5. The van der Waals surface area contributed by atoms with Crippen molar-refractivity contribution in [3.63, 3.8) is 0 Å². The molecule has 2 aromatic heterocycles. The molecule has 1 aliphatic heterocycles. The van der Waals surface area contributed by atoms with Crippen molar-refractivity contribution in [2.45, 2.75) is 40.2 Å². The van der Waals surface area contributed by atoms with Gasteiger partial charge in [-0.3, -0.25) is 4.79 Å². The molecular formula is C22H24N2O5. The minimum absolute atomic E-state index is 0.203. The number of fused-ring (bicyclic) bond motifs is 5. The summed E-state index contributed by atoms with van der Waals surface area (Å²) >= 11 is 0. The van der Waals surface area contributed by atoms with E-state index in [9.17, 15) is 19.8 Å². The van der Waals surface area contributed by atoms with Crippen molar-refractivity contribution in [2.24, 2.45) is 5.41 Å². The number of hydrogen-bond donors (Lipinski definition) is 3. The van der Waals surface area contributed by atoms with E-state index in [4.69, 9.17) is 4.74 Å². The molecule has 152 valence electrons. The van der Waals surface area contributed by atoms with E-state index < -0.39 is 22.8 Å². The molecule has 0 radical (unpaired) electrons. The molecular weight excluding hydrogens is 372 g/mol. The van der Waals surface area contributed by atoms with Gasteiger partial charge in [0.15, 0.2) is 5.56 Å². The number of ether oxygens (including phenoxy) is 1. The fourth-order valence-electron chi connectivity index (χ4n) is 4.27. The molecule has 3 aromatic rings. The van der Waals surface area contributed by atoms with Crippen LogP contribution >= 0.6 is 0 Å².